The Bertz CT molecular complexity index is 789. The van der Waals surface area contributed by atoms with Crippen molar-refractivity contribution in [3.63, 3.8) is 0 Å². The Labute approximate surface area is 134 Å². The fraction of sp³-hybridized carbons (Fsp3) is 0.684. The van der Waals surface area contributed by atoms with E-state index in [1.165, 1.54) is 5.57 Å². The number of hydrogen-bond acceptors (Lipinski definition) is 4. The average Bonchev–Trinajstić information content (AvgIpc) is 3.04. The second-order valence-corrected chi connectivity index (χ2v) is 8.55. The van der Waals surface area contributed by atoms with Crippen molar-refractivity contribution < 1.29 is 19.4 Å². The van der Waals surface area contributed by atoms with Crippen LogP contribution in [-0.2, 0) is 14.3 Å². The highest BCUT2D eigenvalue weighted by molar-refractivity contribution is 6.06. The quantitative estimate of drug-likeness (QED) is 0.694. The molecule has 7 aliphatic rings. The molecule has 7 atom stereocenters. The molecule has 4 nitrogen and oxygen atoms in total. The number of Topliss-reactive ketones (excluding diaryl/α,β-unsaturated/α-hetero) is 1. The van der Waals surface area contributed by atoms with Crippen molar-refractivity contribution in [1.29, 1.82) is 0 Å². The van der Waals surface area contributed by atoms with Crippen molar-refractivity contribution in [2.24, 2.45) is 29.1 Å². The average molecular weight is 312 g/mol. The predicted octanol–water partition coefficient (Wildman–Crippen LogP) is 1.92. The standard InChI is InChI=1S/C19H20O4/c1-7-5-12-11-6-10-8(2)13-14(16(13)20)9-3-4-18(7,17(21)23-12)19(11,22)15(9)10/h7,11-14,22H,3-6H2,1-2H3/t7-,11-,12+,13+,14-,18+,19-/m1/s1. The molecule has 1 spiro atoms. The molecule has 5 fully saturated rings. The Morgan fingerprint density at radius 2 is 2.04 bits per heavy atom. The van der Waals surface area contributed by atoms with Crippen LogP contribution in [0.1, 0.15) is 39.5 Å². The second-order valence-electron chi connectivity index (χ2n) is 8.55. The predicted molar refractivity (Wildman–Crippen MR) is 80.1 cm³/mol. The van der Waals surface area contributed by atoms with Gasteiger partial charge in [0.1, 0.15) is 22.9 Å². The lowest BCUT2D eigenvalue weighted by Crippen LogP contribution is -2.72. The highest BCUT2D eigenvalue weighted by Gasteiger charge is 2.78. The minimum absolute atomic E-state index is 0.000606. The van der Waals surface area contributed by atoms with Crippen LogP contribution in [0.15, 0.2) is 22.3 Å². The normalized spacial score (nSPS) is 55.0. The van der Waals surface area contributed by atoms with E-state index in [1.54, 1.807) is 0 Å². The first-order valence-corrected chi connectivity index (χ1v) is 8.83. The van der Waals surface area contributed by atoms with Crippen molar-refractivity contribution in [2.75, 3.05) is 0 Å². The summed E-state index contributed by atoms with van der Waals surface area (Å²) in [5.74, 6) is 0.304. The van der Waals surface area contributed by atoms with E-state index < -0.39 is 11.0 Å². The van der Waals surface area contributed by atoms with Gasteiger partial charge in [-0.25, -0.2) is 0 Å². The van der Waals surface area contributed by atoms with Gasteiger partial charge in [0.2, 0.25) is 0 Å². The minimum atomic E-state index is -1.09. The summed E-state index contributed by atoms with van der Waals surface area (Å²) in [6, 6.07) is 0. The van der Waals surface area contributed by atoms with Crippen LogP contribution in [0, 0.1) is 29.1 Å². The topological polar surface area (TPSA) is 63.6 Å². The summed E-state index contributed by atoms with van der Waals surface area (Å²) in [5, 5.41) is 12.0. The maximum Gasteiger partial charge on any atom is 0.315 e. The molecule has 23 heavy (non-hydrogen) atoms. The van der Waals surface area contributed by atoms with Gasteiger partial charge < -0.3 is 9.84 Å². The molecular weight excluding hydrogens is 292 g/mol. The van der Waals surface area contributed by atoms with Gasteiger partial charge in [-0.05, 0) is 49.7 Å². The highest BCUT2D eigenvalue weighted by atomic mass is 16.6. The zero-order valence-corrected chi connectivity index (χ0v) is 13.4. The molecule has 0 amide bonds. The lowest BCUT2D eigenvalue weighted by Gasteiger charge is -2.62. The first-order chi connectivity index (χ1) is 10.9. The molecular formula is C19H20O4. The Hall–Kier alpha value is -1.42. The number of allylic oxidation sites excluding steroid dienone is 2. The smallest absolute Gasteiger partial charge is 0.315 e. The van der Waals surface area contributed by atoms with Crippen LogP contribution in [0.25, 0.3) is 0 Å². The van der Waals surface area contributed by atoms with Gasteiger partial charge in [0.05, 0.1) is 11.8 Å². The molecule has 2 bridgehead atoms. The van der Waals surface area contributed by atoms with E-state index in [2.05, 4.69) is 13.8 Å². The molecule has 120 valence electrons. The number of ketones is 1. The Morgan fingerprint density at radius 1 is 1.26 bits per heavy atom. The largest absolute Gasteiger partial charge is 0.461 e. The second kappa shape index (κ2) is 3.34. The summed E-state index contributed by atoms with van der Waals surface area (Å²) < 4.78 is 5.74. The number of rotatable bonds is 0. The summed E-state index contributed by atoms with van der Waals surface area (Å²) in [4.78, 5) is 25.1. The van der Waals surface area contributed by atoms with Crippen molar-refractivity contribution in [3.05, 3.63) is 22.3 Å². The fourth-order valence-electron chi connectivity index (χ4n) is 7.03. The fourth-order valence-corrected chi connectivity index (χ4v) is 7.03. The van der Waals surface area contributed by atoms with Gasteiger partial charge in [-0.1, -0.05) is 18.1 Å². The maximum atomic E-state index is 12.8. The maximum absolute atomic E-state index is 12.8. The molecule has 0 aromatic rings. The lowest BCUT2D eigenvalue weighted by atomic mass is 9.47. The molecule has 2 aliphatic heterocycles. The third kappa shape index (κ3) is 1.02. The van der Waals surface area contributed by atoms with E-state index in [0.717, 1.165) is 36.0 Å². The summed E-state index contributed by atoms with van der Waals surface area (Å²) in [6.07, 6.45) is 2.85. The number of ether oxygens (including phenoxy) is 1. The van der Waals surface area contributed by atoms with Crippen LogP contribution in [-0.4, -0.2) is 28.6 Å². The van der Waals surface area contributed by atoms with Gasteiger partial charge in [-0.2, -0.15) is 0 Å². The van der Waals surface area contributed by atoms with Crippen molar-refractivity contribution in [2.45, 2.75) is 51.2 Å². The highest BCUT2D eigenvalue weighted by Crippen LogP contribution is 2.73. The molecule has 1 N–H and O–H groups in total. The molecule has 2 heterocycles. The van der Waals surface area contributed by atoms with E-state index in [-0.39, 0.29) is 35.7 Å². The van der Waals surface area contributed by atoms with Gasteiger partial charge in [0.15, 0.2) is 0 Å². The van der Waals surface area contributed by atoms with Gasteiger partial charge in [-0.3, -0.25) is 9.59 Å². The Morgan fingerprint density at radius 3 is 2.78 bits per heavy atom. The number of aliphatic hydroxyl groups is 1. The van der Waals surface area contributed by atoms with Crippen LogP contribution >= 0.6 is 0 Å². The minimum Gasteiger partial charge on any atom is -0.461 e. The zero-order chi connectivity index (χ0) is 15.9. The Kier molecular flexibility index (Phi) is 1.88. The van der Waals surface area contributed by atoms with E-state index >= 15 is 0 Å². The van der Waals surface area contributed by atoms with Crippen molar-refractivity contribution in [1.82, 2.24) is 0 Å². The lowest BCUT2D eigenvalue weighted by molar-refractivity contribution is -0.255. The molecule has 0 aromatic carbocycles. The summed E-state index contributed by atoms with van der Waals surface area (Å²) in [6.45, 7) is 4.15. The molecule has 0 radical (unpaired) electrons. The molecule has 4 heteroatoms. The number of esters is 1. The first kappa shape index (κ1) is 12.9. The third-order valence-corrected chi connectivity index (χ3v) is 8.09. The van der Waals surface area contributed by atoms with Crippen LogP contribution in [0.5, 0.6) is 0 Å². The molecule has 3 saturated carbocycles. The zero-order valence-electron chi connectivity index (χ0n) is 13.4. The van der Waals surface area contributed by atoms with E-state index in [1.807, 2.05) is 0 Å². The number of carbonyl (C=O) groups excluding carboxylic acids is 2. The van der Waals surface area contributed by atoms with Crippen LogP contribution < -0.4 is 0 Å². The van der Waals surface area contributed by atoms with Crippen molar-refractivity contribution >= 4 is 11.8 Å². The number of hydrogen-bond donors (Lipinski definition) is 1. The summed E-state index contributed by atoms with van der Waals surface area (Å²) >= 11 is 0. The van der Waals surface area contributed by atoms with Crippen LogP contribution in [0.2, 0.25) is 0 Å². The molecule has 5 aliphatic carbocycles. The summed E-state index contributed by atoms with van der Waals surface area (Å²) in [7, 11) is 0. The third-order valence-electron chi connectivity index (χ3n) is 8.09. The van der Waals surface area contributed by atoms with E-state index in [4.69, 9.17) is 4.74 Å². The van der Waals surface area contributed by atoms with E-state index in [9.17, 15) is 14.7 Å². The van der Waals surface area contributed by atoms with E-state index in [0.29, 0.717) is 12.2 Å². The monoisotopic (exact) mass is 312 g/mol. The Balaban J connectivity index is 1.70. The van der Waals surface area contributed by atoms with Gasteiger partial charge in [-0.15, -0.1) is 0 Å². The molecule has 2 saturated heterocycles. The van der Waals surface area contributed by atoms with Crippen LogP contribution in [0.3, 0.4) is 0 Å². The molecule has 0 unspecified atom stereocenters. The molecule has 7 rings (SSSR count). The van der Waals surface area contributed by atoms with Gasteiger partial charge >= 0.3 is 5.97 Å². The number of carbonyl (C=O) groups is 2. The van der Waals surface area contributed by atoms with Gasteiger partial charge in [0, 0.05) is 5.92 Å². The van der Waals surface area contributed by atoms with Gasteiger partial charge in [0.25, 0.3) is 0 Å². The number of fused-ring (bicyclic) bond motifs is 4. The molecule has 0 aromatic heterocycles. The van der Waals surface area contributed by atoms with Crippen LogP contribution in [0.4, 0.5) is 0 Å². The SMILES string of the molecule is CC1=C2C[C@@H]3[C@@H]4C[C@@H](C)[C@@]5(CCC(=C2[C@]35O)[C@H]2C(=O)[C@@H]12)C(=O)O4. The summed E-state index contributed by atoms with van der Waals surface area (Å²) in [5.41, 5.74) is 2.59. The first-order valence-electron chi connectivity index (χ1n) is 8.83. The van der Waals surface area contributed by atoms with Crippen molar-refractivity contribution in [3.8, 4) is 0 Å².